The van der Waals surface area contributed by atoms with Crippen LogP contribution in [0, 0.1) is 11.2 Å². The number of benzene rings is 3. The topological polar surface area (TPSA) is 113 Å². The first-order chi connectivity index (χ1) is 17.5. The van der Waals surface area contributed by atoms with Crippen LogP contribution in [0.4, 0.5) is 16.0 Å². The van der Waals surface area contributed by atoms with Crippen molar-refractivity contribution < 1.29 is 9.13 Å². The summed E-state index contributed by atoms with van der Waals surface area (Å²) in [5.41, 5.74) is 10.5. The standard InChI is InChI=1S/C28H23FN6O/c29-21-12-18-13-23(35-22(18)14-24(21)36-20-8-2-1-3-9-20)26(30)25-27(31)32-15-33-28(25)34-19-10-16-6-4-5-7-17(16)11-19/h1-9,12-15,19,30,35H,10-11H2,(H3,31,32,33,34). The number of fused-ring (bicyclic) bond motifs is 2. The van der Waals surface area contributed by atoms with Crippen LogP contribution in [0.1, 0.15) is 22.4 Å². The van der Waals surface area contributed by atoms with Crippen LogP contribution >= 0.6 is 0 Å². The summed E-state index contributed by atoms with van der Waals surface area (Å²) in [7, 11) is 0. The van der Waals surface area contributed by atoms with Gasteiger partial charge in [-0.3, -0.25) is 5.41 Å². The first-order valence-corrected chi connectivity index (χ1v) is 11.6. The van der Waals surface area contributed by atoms with E-state index in [-0.39, 0.29) is 23.3 Å². The average molecular weight is 479 g/mol. The molecule has 6 rings (SSSR count). The summed E-state index contributed by atoms with van der Waals surface area (Å²) >= 11 is 0. The van der Waals surface area contributed by atoms with E-state index in [1.165, 1.54) is 23.5 Å². The van der Waals surface area contributed by atoms with E-state index in [0.29, 0.717) is 33.7 Å². The molecule has 178 valence electrons. The molecule has 0 saturated heterocycles. The van der Waals surface area contributed by atoms with Gasteiger partial charge in [-0.05, 0) is 48.2 Å². The Hall–Kier alpha value is -4.72. The van der Waals surface area contributed by atoms with Gasteiger partial charge in [0.1, 0.15) is 23.7 Å². The van der Waals surface area contributed by atoms with Crippen LogP contribution in [0.2, 0.25) is 0 Å². The van der Waals surface area contributed by atoms with Gasteiger partial charge in [0, 0.05) is 23.0 Å². The summed E-state index contributed by atoms with van der Waals surface area (Å²) in [5.74, 6) is 0.844. The van der Waals surface area contributed by atoms with Crippen LogP contribution in [-0.2, 0) is 12.8 Å². The molecule has 3 aromatic carbocycles. The number of aromatic nitrogens is 3. The lowest BCUT2D eigenvalue weighted by atomic mass is 10.1. The Kier molecular flexibility index (Phi) is 5.33. The molecule has 0 bridgehead atoms. The molecule has 0 amide bonds. The number of nitrogens with zero attached hydrogens (tertiary/aromatic N) is 2. The van der Waals surface area contributed by atoms with Gasteiger partial charge in [-0.2, -0.15) is 0 Å². The normalized spacial score (nSPS) is 13.0. The molecule has 2 heterocycles. The van der Waals surface area contributed by atoms with E-state index in [1.807, 2.05) is 30.3 Å². The molecule has 5 N–H and O–H groups in total. The van der Waals surface area contributed by atoms with Crippen LogP contribution in [0.15, 0.2) is 79.1 Å². The summed E-state index contributed by atoms with van der Waals surface area (Å²) in [6.07, 6.45) is 3.12. The molecule has 0 atom stereocenters. The number of hydrogen-bond donors (Lipinski definition) is 4. The zero-order valence-corrected chi connectivity index (χ0v) is 19.3. The highest BCUT2D eigenvalue weighted by molar-refractivity contribution is 6.16. The lowest BCUT2D eigenvalue weighted by Crippen LogP contribution is -2.23. The number of nitrogens with one attached hydrogen (secondary N) is 3. The van der Waals surface area contributed by atoms with Gasteiger partial charge in [0.15, 0.2) is 11.6 Å². The van der Waals surface area contributed by atoms with Crippen molar-refractivity contribution in [2.75, 3.05) is 11.1 Å². The zero-order valence-electron chi connectivity index (χ0n) is 19.3. The smallest absolute Gasteiger partial charge is 0.166 e. The molecule has 0 radical (unpaired) electrons. The summed E-state index contributed by atoms with van der Waals surface area (Å²) in [6, 6.07) is 22.2. The van der Waals surface area contributed by atoms with E-state index in [0.717, 1.165) is 12.8 Å². The first-order valence-electron chi connectivity index (χ1n) is 11.6. The zero-order chi connectivity index (χ0) is 24.6. The molecule has 5 aromatic rings. The molecule has 36 heavy (non-hydrogen) atoms. The van der Waals surface area contributed by atoms with Crippen LogP contribution in [0.3, 0.4) is 0 Å². The third-order valence-corrected chi connectivity index (χ3v) is 6.43. The van der Waals surface area contributed by atoms with Crippen LogP contribution < -0.4 is 15.8 Å². The number of H-pyrrole nitrogens is 1. The number of aromatic amines is 1. The molecule has 0 aliphatic heterocycles. The van der Waals surface area contributed by atoms with Crippen LogP contribution in [0.5, 0.6) is 11.5 Å². The molecule has 2 aromatic heterocycles. The average Bonchev–Trinajstić information content (AvgIpc) is 3.48. The number of nitrogen functional groups attached to an aromatic ring is 1. The summed E-state index contributed by atoms with van der Waals surface area (Å²) < 4.78 is 20.5. The van der Waals surface area contributed by atoms with Crippen molar-refractivity contribution in [3.8, 4) is 11.5 Å². The monoisotopic (exact) mass is 478 g/mol. The maximum Gasteiger partial charge on any atom is 0.166 e. The molecule has 0 fully saturated rings. The number of rotatable bonds is 6. The minimum atomic E-state index is -0.492. The van der Waals surface area contributed by atoms with E-state index >= 15 is 0 Å². The van der Waals surface area contributed by atoms with Gasteiger partial charge < -0.3 is 20.8 Å². The molecule has 7 nitrogen and oxygen atoms in total. The summed E-state index contributed by atoms with van der Waals surface area (Å²) in [4.78, 5) is 11.7. The third-order valence-electron chi connectivity index (χ3n) is 6.43. The lowest BCUT2D eigenvalue weighted by Gasteiger charge is -2.17. The second-order valence-corrected chi connectivity index (χ2v) is 8.84. The van der Waals surface area contributed by atoms with Gasteiger partial charge >= 0.3 is 0 Å². The minimum Gasteiger partial charge on any atom is -0.454 e. The number of hydrogen-bond acceptors (Lipinski definition) is 6. The maximum absolute atomic E-state index is 14.8. The number of nitrogens with two attached hydrogens (primary N) is 1. The molecular formula is C28H23FN6O. The molecule has 8 heteroatoms. The van der Waals surface area contributed by atoms with Gasteiger partial charge in [-0.1, -0.05) is 42.5 Å². The quantitative estimate of drug-likeness (QED) is 0.242. The van der Waals surface area contributed by atoms with Gasteiger partial charge in [-0.25, -0.2) is 14.4 Å². The fourth-order valence-electron chi connectivity index (χ4n) is 4.71. The Balaban J connectivity index is 1.30. The van der Waals surface area contributed by atoms with Crippen molar-refractivity contribution in [3.63, 3.8) is 0 Å². The Morgan fingerprint density at radius 3 is 2.47 bits per heavy atom. The van der Waals surface area contributed by atoms with Crippen molar-refractivity contribution >= 4 is 28.3 Å². The van der Waals surface area contributed by atoms with E-state index in [2.05, 4.69) is 32.4 Å². The van der Waals surface area contributed by atoms with E-state index in [4.69, 9.17) is 15.9 Å². The first kappa shape index (κ1) is 21.8. The Morgan fingerprint density at radius 1 is 1.00 bits per heavy atom. The molecule has 1 aliphatic rings. The van der Waals surface area contributed by atoms with Crippen molar-refractivity contribution in [1.82, 2.24) is 15.0 Å². The highest BCUT2D eigenvalue weighted by Crippen LogP contribution is 2.31. The maximum atomic E-state index is 14.8. The number of para-hydroxylation sites is 1. The number of anilines is 2. The van der Waals surface area contributed by atoms with Gasteiger partial charge in [0.25, 0.3) is 0 Å². The Bertz CT molecular complexity index is 1570. The predicted molar refractivity (Wildman–Crippen MR) is 138 cm³/mol. The fraction of sp³-hybridized carbons (Fsp3) is 0.107. The Labute approximate surface area is 206 Å². The third kappa shape index (κ3) is 4.02. The van der Waals surface area contributed by atoms with Crippen molar-refractivity contribution in [1.29, 1.82) is 5.41 Å². The van der Waals surface area contributed by atoms with Gasteiger partial charge in [-0.15, -0.1) is 0 Å². The molecule has 1 aliphatic carbocycles. The lowest BCUT2D eigenvalue weighted by molar-refractivity contribution is 0.443. The second-order valence-electron chi connectivity index (χ2n) is 8.84. The minimum absolute atomic E-state index is 0.0966. The number of ether oxygens (including phenoxy) is 1. The summed E-state index contributed by atoms with van der Waals surface area (Å²) in [5, 5.41) is 13.0. The van der Waals surface area contributed by atoms with E-state index in [1.54, 1.807) is 24.3 Å². The molecule has 0 saturated carbocycles. The number of halogens is 1. The fourth-order valence-corrected chi connectivity index (χ4v) is 4.71. The molecular weight excluding hydrogens is 455 g/mol. The predicted octanol–water partition coefficient (Wildman–Crippen LogP) is 5.47. The largest absolute Gasteiger partial charge is 0.454 e. The highest BCUT2D eigenvalue weighted by Gasteiger charge is 2.25. The molecule has 0 spiro atoms. The summed E-state index contributed by atoms with van der Waals surface area (Å²) in [6.45, 7) is 0. The van der Waals surface area contributed by atoms with E-state index in [9.17, 15) is 4.39 Å². The van der Waals surface area contributed by atoms with Crippen LogP contribution in [0.25, 0.3) is 10.9 Å². The second kappa shape index (κ2) is 8.81. The van der Waals surface area contributed by atoms with Gasteiger partial charge in [0.2, 0.25) is 0 Å². The van der Waals surface area contributed by atoms with Crippen molar-refractivity contribution in [3.05, 3.63) is 107 Å². The van der Waals surface area contributed by atoms with Crippen molar-refractivity contribution in [2.24, 2.45) is 0 Å². The van der Waals surface area contributed by atoms with Crippen LogP contribution in [-0.4, -0.2) is 26.7 Å². The van der Waals surface area contributed by atoms with Gasteiger partial charge in [0.05, 0.1) is 17.0 Å². The molecule has 0 unspecified atom stereocenters. The highest BCUT2D eigenvalue weighted by atomic mass is 19.1. The SMILES string of the molecule is N=C(c1cc2cc(F)c(Oc3ccccc3)cc2[nH]1)c1c(N)ncnc1NC1Cc2ccccc2C1. The van der Waals surface area contributed by atoms with Crippen molar-refractivity contribution in [2.45, 2.75) is 18.9 Å². The van der Waals surface area contributed by atoms with E-state index < -0.39 is 5.82 Å². The Morgan fingerprint density at radius 2 is 1.72 bits per heavy atom.